The summed E-state index contributed by atoms with van der Waals surface area (Å²) >= 11 is 0.867. The number of carbonyl (C=O) groups is 4. The maximum absolute atomic E-state index is 12.7. The van der Waals surface area contributed by atoms with E-state index in [9.17, 15) is 19.2 Å². The van der Waals surface area contributed by atoms with E-state index in [1.165, 1.54) is 0 Å². The number of methoxy groups -OCH3 is 1. The third kappa shape index (κ3) is 5.71. The number of benzene rings is 2. The first-order valence-corrected chi connectivity index (χ1v) is 12.4. The number of hydrogen-bond acceptors (Lipinski definition) is 7. The fourth-order valence-electron chi connectivity index (χ4n) is 4.00. The minimum atomic E-state index is -0.506. The molecule has 0 aliphatic carbocycles. The van der Waals surface area contributed by atoms with E-state index >= 15 is 0 Å². The van der Waals surface area contributed by atoms with E-state index in [0.717, 1.165) is 22.2 Å². The molecule has 4 rings (SSSR count). The second kappa shape index (κ2) is 11.3. The van der Waals surface area contributed by atoms with Crippen LogP contribution in [0.1, 0.15) is 18.9 Å². The van der Waals surface area contributed by atoms with Crippen molar-refractivity contribution in [3.63, 3.8) is 0 Å². The molecule has 2 aromatic rings. The first-order valence-electron chi connectivity index (χ1n) is 11.6. The summed E-state index contributed by atoms with van der Waals surface area (Å²) in [7, 11) is 1.57. The van der Waals surface area contributed by atoms with Crippen molar-refractivity contribution in [2.75, 3.05) is 38.3 Å². The van der Waals surface area contributed by atoms with Gasteiger partial charge < -0.3 is 19.7 Å². The molecule has 2 saturated heterocycles. The predicted molar refractivity (Wildman–Crippen MR) is 137 cm³/mol. The zero-order chi connectivity index (χ0) is 25.7. The lowest BCUT2D eigenvalue weighted by atomic mass is 10.1. The van der Waals surface area contributed by atoms with Gasteiger partial charge in [0.2, 0.25) is 11.8 Å². The highest BCUT2D eigenvalue weighted by atomic mass is 32.2. The Bertz CT molecular complexity index is 1180. The van der Waals surface area contributed by atoms with E-state index in [2.05, 4.69) is 5.32 Å². The van der Waals surface area contributed by atoms with Crippen LogP contribution in [-0.4, -0.2) is 61.2 Å². The smallest absolute Gasteiger partial charge is 0.293 e. The summed E-state index contributed by atoms with van der Waals surface area (Å²) in [5, 5.41) is 2.38. The zero-order valence-electron chi connectivity index (χ0n) is 20.1. The molecule has 9 nitrogen and oxygen atoms in total. The molecule has 4 amide bonds. The first kappa shape index (κ1) is 25.3. The van der Waals surface area contributed by atoms with Gasteiger partial charge in [0, 0.05) is 31.7 Å². The summed E-state index contributed by atoms with van der Waals surface area (Å²) in [5.41, 5.74) is 1.48. The van der Waals surface area contributed by atoms with Crippen molar-refractivity contribution in [3.8, 4) is 11.5 Å². The Morgan fingerprint density at radius 2 is 1.78 bits per heavy atom. The van der Waals surface area contributed by atoms with Crippen LogP contribution in [-0.2, 0) is 14.4 Å². The number of carbonyl (C=O) groups excluding carboxylic acids is 4. The van der Waals surface area contributed by atoms with Crippen molar-refractivity contribution in [3.05, 3.63) is 59.0 Å². The normalized spacial score (nSPS) is 18.8. The van der Waals surface area contributed by atoms with E-state index in [1.54, 1.807) is 66.6 Å². The summed E-state index contributed by atoms with van der Waals surface area (Å²) in [6.45, 7) is 2.89. The van der Waals surface area contributed by atoms with Crippen molar-refractivity contribution in [1.82, 2.24) is 10.2 Å². The quantitative estimate of drug-likeness (QED) is 0.517. The molecule has 1 unspecified atom stereocenters. The predicted octanol–water partition coefficient (Wildman–Crippen LogP) is 3.30. The summed E-state index contributed by atoms with van der Waals surface area (Å²) < 4.78 is 10.6. The van der Waals surface area contributed by atoms with Gasteiger partial charge >= 0.3 is 0 Å². The number of amides is 4. The van der Waals surface area contributed by atoms with Gasteiger partial charge in [-0.1, -0.05) is 12.1 Å². The number of thioether (sulfide) groups is 1. The van der Waals surface area contributed by atoms with Crippen LogP contribution in [0.3, 0.4) is 0 Å². The zero-order valence-corrected chi connectivity index (χ0v) is 20.9. The van der Waals surface area contributed by atoms with E-state index in [-0.39, 0.29) is 43.1 Å². The molecule has 2 heterocycles. The van der Waals surface area contributed by atoms with Crippen molar-refractivity contribution >= 4 is 46.5 Å². The van der Waals surface area contributed by atoms with Crippen LogP contribution in [0.15, 0.2) is 53.4 Å². The van der Waals surface area contributed by atoms with Gasteiger partial charge in [0.15, 0.2) is 0 Å². The van der Waals surface area contributed by atoms with Gasteiger partial charge in [-0.2, -0.15) is 0 Å². The lowest BCUT2D eigenvalue weighted by Gasteiger charge is -2.18. The molecule has 1 atom stereocenters. The maximum atomic E-state index is 12.7. The highest BCUT2D eigenvalue weighted by Crippen LogP contribution is 2.32. The third-order valence-corrected chi connectivity index (χ3v) is 6.78. The Kier molecular flexibility index (Phi) is 7.94. The molecule has 1 N–H and O–H groups in total. The van der Waals surface area contributed by atoms with Gasteiger partial charge in [-0.05, 0) is 66.7 Å². The van der Waals surface area contributed by atoms with Gasteiger partial charge in [0.25, 0.3) is 11.1 Å². The molecule has 0 spiro atoms. The molecule has 188 valence electrons. The van der Waals surface area contributed by atoms with Crippen LogP contribution in [0.25, 0.3) is 6.08 Å². The van der Waals surface area contributed by atoms with Crippen LogP contribution < -0.4 is 19.7 Å². The fraction of sp³-hybridized carbons (Fsp3) is 0.308. The van der Waals surface area contributed by atoms with E-state index in [0.29, 0.717) is 28.7 Å². The highest BCUT2D eigenvalue weighted by molar-refractivity contribution is 8.18. The van der Waals surface area contributed by atoms with E-state index in [1.807, 2.05) is 6.92 Å². The van der Waals surface area contributed by atoms with Gasteiger partial charge in [0.05, 0.1) is 24.5 Å². The average molecular weight is 510 g/mol. The van der Waals surface area contributed by atoms with Gasteiger partial charge in [-0.25, -0.2) is 0 Å². The molecule has 0 bridgehead atoms. The number of anilines is 1. The lowest BCUT2D eigenvalue weighted by Crippen LogP contribution is -2.40. The standard InChI is InChI=1S/C26H27N3O6S/c1-3-35-21-10-6-19(7-11-21)29-16-18(15-23(29)30)24(31)27-12-13-28-25(32)22(36-26(28)33)14-17-4-8-20(34-2)9-5-17/h4-11,14,18H,3,12-13,15-16H2,1-2H3,(H,27,31). The molecule has 0 saturated carbocycles. The Hall–Kier alpha value is -3.79. The van der Waals surface area contributed by atoms with E-state index < -0.39 is 11.8 Å². The molecule has 2 fully saturated rings. The molecule has 10 heteroatoms. The van der Waals surface area contributed by atoms with Gasteiger partial charge in [0.1, 0.15) is 11.5 Å². The molecule has 36 heavy (non-hydrogen) atoms. The SMILES string of the molecule is CCOc1ccc(N2CC(C(=O)NCCN3C(=O)SC(=Cc4ccc(OC)cc4)C3=O)CC2=O)cc1. The maximum Gasteiger partial charge on any atom is 0.293 e. The summed E-state index contributed by atoms with van der Waals surface area (Å²) in [6, 6.07) is 14.3. The second-order valence-corrected chi connectivity index (χ2v) is 9.22. The van der Waals surface area contributed by atoms with Gasteiger partial charge in [-0.3, -0.25) is 24.1 Å². The second-order valence-electron chi connectivity index (χ2n) is 8.23. The van der Waals surface area contributed by atoms with Crippen LogP contribution >= 0.6 is 11.8 Å². The summed E-state index contributed by atoms with van der Waals surface area (Å²) in [5.74, 6) is 0.101. The van der Waals surface area contributed by atoms with Crippen molar-refractivity contribution < 1.29 is 28.7 Å². The number of imide groups is 1. The van der Waals surface area contributed by atoms with Crippen LogP contribution in [0, 0.1) is 5.92 Å². The topological polar surface area (TPSA) is 105 Å². The van der Waals surface area contributed by atoms with Gasteiger partial charge in [-0.15, -0.1) is 0 Å². The third-order valence-electron chi connectivity index (χ3n) is 5.88. The first-order chi connectivity index (χ1) is 17.4. The lowest BCUT2D eigenvalue weighted by molar-refractivity contribution is -0.127. The number of rotatable bonds is 9. The monoisotopic (exact) mass is 509 g/mol. The number of nitrogens with zero attached hydrogens (tertiary/aromatic N) is 2. The number of hydrogen-bond donors (Lipinski definition) is 1. The Morgan fingerprint density at radius 1 is 1.08 bits per heavy atom. The molecule has 2 aliphatic heterocycles. The van der Waals surface area contributed by atoms with Crippen LogP contribution in [0.5, 0.6) is 11.5 Å². The largest absolute Gasteiger partial charge is 0.497 e. The van der Waals surface area contributed by atoms with Crippen molar-refractivity contribution in [1.29, 1.82) is 0 Å². The summed E-state index contributed by atoms with van der Waals surface area (Å²) in [4.78, 5) is 53.3. The van der Waals surface area contributed by atoms with Crippen molar-refractivity contribution in [2.24, 2.45) is 5.92 Å². The molecular weight excluding hydrogens is 482 g/mol. The Morgan fingerprint density at radius 3 is 2.44 bits per heavy atom. The molecule has 0 aromatic heterocycles. The Labute approximate surface area is 213 Å². The molecule has 2 aliphatic rings. The minimum Gasteiger partial charge on any atom is -0.497 e. The van der Waals surface area contributed by atoms with Crippen molar-refractivity contribution in [2.45, 2.75) is 13.3 Å². The van der Waals surface area contributed by atoms with Crippen LogP contribution in [0.4, 0.5) is 10.5 Å². The van der Waals surface area contributed by atoms with Crippen LogP contribution in [0.2, 0.25) is 0 Å². The fourth-order valence-corrected chi connectivity index (χ4v) is 4.87. The molecule has 0 radical (unpaired) electrons. The average Bonchev–Trinajstić information content (AvgIpc) is 3.39. The minimum absolute atomic E-state index is 0.0552. The summed E-state index contributed by atoms with van der Waals surface area (Å²) in [6.07, 6.45) is 1.76. The van der Waals surface area contributed by atoms with E-state index in [4.69, 9.17) is 9.47 Å². The number of nitrogens with one attached hydrogen (secondary N) is 1. The molecule has 2 aromatic carbocycles. The Balaban J connectivity index is 1.28. The molecular formula is C26H27N3O6S. The highest BCUT2D eigenvalue weighted by Gasteiger charge is 2.37. The number of ether oxygens (including phenoxy) is 2.